The molecule has 0 aromatic heterocycles. The van der Waals surface area contributed by atoms with Gasteiger partial charge in [0.25, 0.3) is 0 Å². The van der Waals surface area contributed by atoms with Gasteiger partial charge < -0.3 is 5.32 Å². The van der Waals surface area contributed by atoms with E-state index in [4.69, 9.17) is 0 Å². The van der Waals surface area contributed by atoms with Crippen molar-refractivity contribution in [2.45, 2.75) is 38.6 Å². The molecule has 1 N–H and O–H groups in total. The third-order valence-electron chi connectivity index (χ3n) is 2.99. The summed E-state index contributed by atoms with van der Waals surface area (Å²) in [6.45, 7) is 7.14. The highest BCUT2D eigenvalue weighted by atomic mass is 32.2. The number of hydrogen-bond acceptors (Lipinski definition) is 3. The Morgan fingerprint density at radius 3 is 2.21 bits per heavy atom. The third kappa shape index (κ3) is 7.33. The Balaban J connectivity index is 2.74. The van der Waals surface area contributed by atoms with Crippen molar-refractivity contribution in [1.82, 2.24) is 5.32 Å². The van der Waals surface area contributed by atoms with E-state index in [2.05, 4.69) is 38.2 Å². The Morgan fingerprint density at radius 2 is 1.74 bits per heavy atom. The van der Waals surface area contributed by atoms with Gasteiger partial charge in [0, 0.05) is 18.3 Å². The van der Waals surface area contributed by atoms with Crippen molar-refractivity contribution < 1.29 is 8.42 Å². The van der Waals surface area contributed by atoms with Crippen molar-refractivity contribution in [2.75, 3.05) is 18.6 Å². The van der Waals surface area contributed by atoms with E-state index in [-0.39, 0.29) is 17.2 Å². The van der Waals surface area contributed by atoms with Gasteiger partial charge in [-0.05, 0) is 38.7 Å². The molecule has 0 aliphatic rings. The van der Waals surface area contributed by atoms with Gasteiger partial charge in [-0.1, -0.05) is 30.3 Å². The molecule has 1 unspecified atom stereocenters. The molecule has 0 radical (unpaired) electrons. The molecule has 1 aromatic carbocycles. The maximum Gasteiger partial charge on any atom is 0.147 e. The van der Waals surface area contributed by atoms with Crippen LogP contribution in [0, 0.1) is 0 Å². The summed E-state index contributed by atoms with van der Waals surface area (Å²) in [4.78, 5) is 0. The number of hydrogen-bond donors (Lipinski definition) is 1. The number of sulfone groups is 1. The third-order valence-corrected chi connectivity index (χ3v) is 3.96. The number of benzene rings is 1. The predicted octanol–water partition coefficient (Wildman–Crippen LogP) is 2.59. The molecule has 0 aliphatic carbocycles. The lowest BCUT2D eigenvalue weighted by molar-refractivity contribution is 0.403. The van der Waals surface area contributed by atoms with Gasteiger partial charge in [-0.3, -0.25) is 0 Å². The Bertz CT molecular complexity index is 475. The fourth-order valence-electron chi connectivity index (χ4n) is 1.90. The molecule has 0 spiro atoms. The summed E-state index contributed by atoms with van der Waals surface area (Å²) < 4.78 is 22.7. The lowest BCUT2D eigenvalue weighted by atomic mass is 9.95. The van der Waals surface area contributed by atoms with E-state index in [1.54, 1.807) is 0 Å². The monoisotopic (exact) mass is 283 g/mol. The van der Waals surface area contributed by atoms with Gasteiger partial charge in [0.2, 0.25) is 0 Å². The Kier molecular flexibility index (Phi) is 5.56. The van der Waals surface area contributed by atoms with E-state index in [0.29, 0.717) is 6.42 Å². The Labute approximate surface area is 117 Å². The molecule has 0 saturated heterocycles. The van der Waals surface area contributed by atoms with Crippen molar-refractivity contribution in [3.8, 4) is 0 Å². The quantitative estimate of drug-likeness (QED) is 0.873. The molecule has 4 heteroatoms. The van der Waals surface area contributed by atoms with Crippen LogP contribution in [-0.2, 0) is 9.84 Å². The van der Waals surface area contributed by atoms with Crippen molar-refractivity contribution in [1.29, 1.82) is 0 Å². The standard InChI is InChI=1S/C15H25NO2S/c1-15(2,3)16-12-14(10-11-19(4,17)18)13-8-6-5-7-9-13/h5-9,14,16H,10-12H2,1-4H3. The first-order valence-corrected chi connectivity index (χ1v) is 8.71. The molecule has 0 saturated carbocycles. The smallest absolute Gasteiger partial charge is 0.147 e. The SMILES string of the molecule is CC(C)(C)NCC(CCS(C)(=O)=O)c1ccccc1. The fourth-order valence-corrected chi connectivity index (χ4v) is 2.61. The van der Waals surface area contributed by atoms with Gasteiger partial charge in [0.15, 0.2) is 0 Å². The second-order valence-corrected chi connectivity index (χ2v) is 8.42. The van der Waals surface area contributed by atoms with Gasteiger partial charge >= 0.3 is 0 Å². The minimum Gasteiger partial charge on any atom is -0.311 e. The first-order valence-electron chi connectivity index (χ1n) is 6.65. The van der Waals surface area contributed by atoms with Gasteiger partial charge in [0.05, 0.1) is 5.75 Å². The van der Waals surface area contributed by atoms with Crippen LogP contribution in [-0.4, -0.2) is 32.5 Å². The average Bonchev–Trinajstić information content (AvgIpc) is 2.27. The van der Waals surface area contributed by atoms with Crippen LogP contribution in [0.2, 0.25) is 0 Å². The zero-order chi connectivity index (χ0) is 14.5. The molecule has 3 nitrogen and oxygen atoms in total. The maximum atomic E-state index is 11.3. The molecule has 1 atom stereocenters. The fraction of sp³-hybridized carbons (Fsp3) is 0.600. The van der Waals surface area contributed by atoms with E-state index < -0.39 is 9.84 Å². The van der Waals surface area contributed by atoms with Crippen molar-refractivity contribution >= 4 is 9.84 Å². The predicted molar refractivity (Wildman–Crippen MR) is 81.3 cm³/mol. The first-order chi connectivity index (χ1) is 8.67. The molecule has 1 rings (SSSR count). The molecule has 0 heterocycles. The highest BCUT2D eigenvalue weighted by molar-refractivity contribution is 7.90. The van der Waals surface area contributed by atoms with E-state index in [1.807, 2.05) is 18.2 Å². The van der Waals surface area contributed by atoms with Crippen molar-refractivity contribution in [2.24, 2.45) is 0 Å². The largest absolute Gasteiger partial charge is 0.311 e. The lowest BCUT2D eigenvalue weighted by Crippen LogP contribution is -2.38. The Hall–Kier alpha value is -0.870. The zero-order valence-electron chi connectivity index (χ0n) is 12.3. The molecular weight excluding hydrogens is 258 g/mol. The molecular formula is C15H25NO2S. The summed E-state index contributed by atoms with van der Waals surface area (Å²) in [7, 11) is -2.91. The molecule has 0 amide bonds. The van der Waals surface area contributed by atoms with E-state index in [0.717, 1.165) is 6.54 Å². The van der Waals surface area contributed by atoms with Crippen LogP contribution in [0.3, 0.4) is 0 Å². The van der Waals surface area contributed by atoms with Crippen LogP contribution in [0.5, 0.6) is 0 Å². The average molecular weight is 283 g/mol. The molecule has 0 aliphatic heterocycles. The maximum absolute atomic E-state index is 11.3. The van der Waals surface area contributed by atoms with Gasteiger partial charge in [0.1, 0.15) is 9.84 Å². The number of rotatable bonds is 6. The minimum atomic E-state index is -2.91. The summed E-state index contributed by atoms with van der Waals surface area (Å²) in [5.41, 5.74) is 1.24. The minimum absolute atomic E-state index is 0.0398. The molecule has 0 fully saturated rings. The highest BCUT2D eigenvalue weighted by Gasteiger charge is 2.17. The van der Waals surface area contributed by atoms with Gasteiger partial charge in [-0.15, -0.1) is 0 Å². The van der Waals surface area contributed by atoms with Crippen LogP contribution in [0.4, 0.5) is 0 Å². The second kappa shape index (κ2) is 6.53. The van der Waals surface area contributed by atoms with Gasteiger partial charge in [-0.2, -0.15) is 0 Å². The van der Waals surface area contributed by atoms with Crippen LogP contribution in [0.1, 0.15) is 38.7 Å². The van der Waals surface area contributed by atoms with Gasteiger partial charge in [-0.25, -0.2) is 8.42 Å². The summed E-state index contributed by atoms with van der Waals surface area (Å²) in [5, 5.41) is 3.46. The topological polar surface area (TPSA) is 46.2 Å². The summed E-state index contributed by atoms with van der Waals surface area (Å²) in [6.07, 6.45) is 1.96. The van der Waals surface area contributed by atoms with Crippen molar-refractivity contribution in [3.05, 3.63) is 35.9 Å². The van der Waals surface area contributed by atoms with Crippen LogP contribution in [0.15, 0.2) is 30.3 Å². The van der Waals surface area contributed by atoms with Crippen LogP contribution < -0.4 is 5.32 Å². The molecule has 1 aromatic rings. The second-order valence-electron chi connectivity index (χ2n) is 6.16. The summed E-state index contributed by atoms with van der Waals surface area (Å²) in [5.74, 6) is 0.466. The Morgan fingerprint density at radius 1 is 1.16 bits per heavy atom. The normalized spacial score (nSPS) is 14.3. The van der Waals surface area contributed by atoms with Crippen molar-refractivity contribution in [3.63, 3.8) is 0 Å². The van der Waals surface area contributed by atoms with E-state index in [9.17, 15) is 8.42 Å². The van der Waals surface area contributed by atoms with E-state index in [1.165, 1.54) is 11.8 Å². The molecule has 108 valence electrons. The highest BCUT2D eigenvalue weighted by Crippen LogP contribution is 2.20. The molecule has 0 bridgehead atoms. The van der Waals surface area contributed by atoms with Crippen LogP contribution in [0.25, 0.3) is 0 Å². The number of nitrogens with one attached hydrogen (secondary N) is 1. The summed E-state index contributed by atoms with van der Waals surface area (Å²) in [6, 6.07) is 10.1. The molecule has 19 heavy (non-hydrogen) atoms. The first kappa shape index (κ1) is 16.2. The van der Waals surface area contributed by atoms with E-state index >= 15 is 0 Å². The zero-order valence-corrected chi connectivity index (χ0v) is 13.1. The summed E-state index contributed by atoms with van der Waals surface area (Å²) >= 11 is 0. The van der Waals surface area contributed by atoms with Crippen LogP contribution >= 0.6 is 0 Å². The lowest BCUT2D eigenvalue weighted by Gasteiger charge is -2.25.